The van der Waals surface area contributed by atoms with Crippen molar-refractivity contribution in [3.8, 4) is 17.2 Å². The molecule has 9 heteroatoms. The molecule has 2 aromatic carbocycles. The van der Waals surface area contributed by atoms with Crippen molar-refractivity contribution in [1.29, 1.82) is 0 Å². The van der Waals surface area contributed by atoms with Crippen LogP contribution in [-0.4, -0.2) is 93.8 Å². The van der Waals surface area contributed by atoms with Gasteiger partial charge in [-0.25, -0.2) is 4.79 Å². The number of benzene rings is 2. The van der Waals surface area contributed by atoms with E-state index in [4.69, 9.17) is 14.2 Å². The summed E-state index contributed by atoms with van der Waals surface area (Å²) in [4.78, 5) is 32.0. The van der Waals surface area contributed by atoms with Gasteiger partial charge in [-0.05, 0) is 24.6 Å². The van der Waals surface area contributed by atoms with Crippen molar-refractivity contribution in [2.75, 3.05) is 72.5 Å². The molecule has 1 fully saturated rings. The first-order valence-corrected chi connectivity index (χ1v) is 14.1. The van der Waals surface area contributed by atoms with Crippen molar-refractivity contribution in [1.82, 2.24) is 14.7 Å². The molecule has 40 heavy (non-hydrogen) atoms. The van der Waals surface area contributed by atoms with Crippen molar-refractivity contribution in [3.05, 3.63) is 54.1 Å². The third kappa shape index (κ3) is 9.19. The molecular weight excluding hydrogens is 508 g/mol. The van der Waals surface area contributed by atoms with Gasteiger partial charge in [-0.15, -0.1) is 0 Å². The molecule has 0 spiro atoms. The van der Waals surface area contributed by atoms with Gasteiger partial charge in [0.15, 0.2) is 0 Å². The second-order valence-corrected chi connectivity index (χ2v) is 9.77. The predicted octanol–water partition coefficient (Wildman–Crippen LogP) is 4.98. The van der Waals surface area contributed by atoms with E-state index < -0.39 is 0 Å². The van der Waals surface area contributed by atoms with Crippen LogP contribution in [0, 0.1) is 0 Å². The molecule has 1 aliphatic rings. The normalized spacial score (nSPS) is 13.8. The molecule has 2 aromatic rings. The second kappa shape index (κ2) is 16.4. The molecule has 0 atom stereocenters. The molecule has 1 heterocycles. The molecule has 0 bridgehead atoms. The number of hydrogen-bond donors (Lipinski definition) is 1. The molecular formula is C31H44N4O5. The van der Waals surface area contributed by atoms with E-state index in [0.29, 0.717) is 49.8 Å². The Morgan fingerprint density at radius 3 is 2.40 bits per heavy atom. The van der Waals surface area contributed by atoms with Crippen LogP contribution in [0.1, 0.15) is 38.2 Å². The third-order valence-corrected chi connectivity index (χ3v) is 7.10. The molecule has 1 saturated heterocycles. The fourth-order valence-electron chi connectivity index (χ4n) is 4.65. The van der Waals surface area contributed by atoms with E-state index in [2.05, 4.69) is 17.1 Å². The van der Waals surface area contributed by atoms with Gasteiger partial charge < -0.3 is 29.3 Å². The van der Waals surface area contributed by atoms with E-state index in [0.717, 1.165) is 50.2 Å². The van der Waals surface area contributed by atoms with Crippen LogP contribution in [0.15, 0.2) is 48.5 Å². The SMILES string of the molecule is CCCCCC(=O)N(C/C=C/c1ccccc1OC)CCN1CCN(C(=O)Nc2ccc(OC)cc2OC)CC1. The molecule has 218 valence electrons. The Balaban J connectivity index is 1.52. The molecule has 3 amide bonds. The molecule has 9 nitrogen and oxygen atoms in total. The molecule has 3 rings (SSSR count). The Bertz CT molecular complexity index is 1110. The first-order chi connectivity index (χ1) is 19.5. The van der Waals surface area contributed by atoms with Gasteiger partial charge >= 0.3 is 6.03 Å². The topological polar surface area (TPSA) is 83.6 Å². The Hall–Kier alpha value is -3.72. The van der Waals surface area contributed by atoms with Crippen LogP contribution in [0.4, 0.5) is 10.5 Å². The smallest absolute Gasteiger partial charge is 0.322 e. The highest BCUT2D eigenvalue weighted by atomic mass is 16.5. The maximum absolute atomic E-state index is 13.0. The Morgan fingerprint density at radius 1 is 0.950 bits per heavy atom. The molecule has 0 aliphatic carbocycles. The van der Waals surface area contributed by atoms with Gasteiger partial charge in [0.25, 0.3) is 0 Å². The Labute approximate surface area is 238 Å². The molecule has 0 saturated carbocycles. The van der Waals surface area contributed by atoms with Crippen LogP contribution in [0.3, 0.4) is 0 Å². The summed E-state index contributed by atoms with van der Waals surface area (Å²) in [5, 5.41) is 2.95. The number of amides is 3. The highest BCUT2D eigenvalue weighted by Gasteiger charge is 2.23. The van der Waals surface area contributed by atoms with Crippen LogP contribution in [-0.2, 0) is 4.79 Å². The Morgan fingerprint density at radius 2 is 1.70 bits per heavy atom. The van der Waals surface area contributed by atoms with Gasteiger partial charge in [0, 0.05) is 63.9 Å². The van der Waals surface area contributed by atoms with Crippen molar-refractivity contribution < 1.29 is 23.8 Å². The number of nitrogens with one attached hydrogen (secondary N) is 1. The van der Waals surface area contributed by atoms with Crippen LogP contribution >= 0.6 is 0 Å². The van der Waals surface area contributed by atoms with Crippen LogP contribution in [0.5, 0.6) is 17.2 Å². The lowest BCUT2D eigenvalue weighted by Crippen LogP contribution is -2.51. The van der Waals surface area contributed by atoms with Crippen LogP contribution in [0.25, 0.3) is 6.08 Å². The van der Waals surface area contributed by atoms with Gasteiger partial charge in [-0.2, -0.15) is 0 Å². The highest BCUT2D eigenvalue weighted by Crippen LogP contribution is 2.29. The molecule has 1 aliphatic heterocycles. The fourth-order valence-corrected chi connectivity index (χ4v) is 4.65. The maximum Gasteiger partial charge on any atom is 0.322 e. The lowest BCUT2D eigenvalue weighted by Gasteiger charge is -2.35. The van der Waals surface area contributed by atoms with Gasteiger partial charge in [0.05, 0.1) is 27.0 Å². The van der Waals surface area contributed by atoms with E-state index in [-0.39, 0.29) is 11.9 Å². The van der Waals surface area contributed by atoms with E-state index >= 15 is 0 Å². The molecule has 0 aromatic heterocycles. The van der Waals surface area contributed by atoms with E-state index in [1.165, 1.54) is 0 Å². The summed E-state index contributed by atoms with van der Waals surface area (Å²) in [7, 11) is 4.82. The Kier molecular flexibility index (Phi) is 12.6. The average Bonchev–Trinajstić information content (AvgIpc) is 2.99. The summed E-state index contributed by atoms with van der Waals surface area (Å²) in [6.45, 7) is 6.84. The minimum Gasteiger partial charge on any atom is -0.497 e. The van der Waals surface area contributed by atoms with Crippen molar-refractivity contribution in [3.63, 3.8) is 0 Å². The zero-order valence-corrected chi connectivity index (χ0v) is 24.4. The number of unbranched alkanes of at least 4 members (excludes halogenated alkanes) is 2. The number of rotatable bonds is 14. The second-order valence-electron chi connectivity index (χ2n) is 9.77. The van der Waals surface area contributed by atoms with Crippen molar-refractivity contribution >= 4 is 23.7 Å². The molecule has 0 unspecified atom stereocenters. The minimum absolute atomic E-state index is 0.155. The monoisotopic (exact) mass is 552 g/mol. The summed E-state index contributed by atoms with van der Waals surface area (Å²) in [6, 6.07) is 13.0. The summed E-state index contributed by atoms with van der Waals surface area (Å²) >= 11 is 0. The minimum atomic E-state index is -0.155. The summed E-state index contributed by atoms with van der Waals surface area (Å²) in [5.74, 6) is 2.21. The summed E-state index contributed by atoms with van der Waals surface area (Å²) < 4.78 is 16.1. The largest absolute Gasteiger partial charge is 0.497 e. The fraction of sp³-hybridized carbons (Fsp3) is 0.484. The predicted molar refractivity (Wildman–Crippen MR) is 159 cm³/mol. The number of methoxy groups -OCH3 is 3. The molecule has 0 radical (unpaired) electrons. The number of carbonyl (C=O) groups is 2. The van der Waals surface area contributed by atoms with E-state index in [1.54, 1.807) is 39.5 Å². The standard InChI is InChI=1S/C31H44N4O5/c1-5-6-7-14-30(36)34(17-10-12-25-11-8-9-13-28(25)39-3)21-18-33-19-22-35(23-20-33)31(37)32-27-16-15-26(38-2)24-29(27)40-4/h8-13,15-16,24H,5-7,14,17-23H2,1-4H3,(H,32,37)/b12-10+. The number of piperazine rings is 1. The third-order valence-electron chi connectivity index (χ3n) is 7.10. The van der Waals surface area contributed by atoms with Gasteiger partial charge in [-0.1, -0.05) is 50.1 Å². The lowest BCUT2D eigenvalue weighted by atomic mass is 10.1. The van der Waals surface area contributed by atoms with Gasteiger partial charge in [0.1, 0.15) is 17.2 Å². The number of carbonyl (C=O) groups excluding carboxylic acids is 2. The van der Waals surface area contributed by atoms with Gasteiger partial charge in [0.2, 0.25) is 5.91 Å². The zero-order chi connectivity index (χ0) is 28.7. The van der Waals surface area contributed by atoms with E-state index in [9.17, 15) is 9.59 Å². The van der Waals surface area contributed by atoms with Crippen LogP contribution < -0.4 is 19.5 Å². The number of para-hydroxylation sites is 1. The highest BCUT2D eigenvalue weighted by molar-refractivity contribution is 5.91. The summed E-state index contributed by atoms with van der Waals surface area (Å²) in [5.41, 5.74) is 1.60. The maximum atomic E-state index is 13.0. The quantitative estimate of drug-likeness (QED) is 0.333. The summed E-state index contributed by atoms with van der Waals surface area (Å²) in [6.07, 6.45) is 7.67. The number of nitrogens with zero attached hydrogens (tertiary/aromatic N) is 3. The number of ether oxygens (including phenoxy) is 3. The van der Waals surface area contributed by atoms with Crippen LogP contribution in [0.2, 0.25) is 0 Å². The van der Waals surface area contributed by atoms with Crippen molar-refractivity contribution in [2.45, 2.75) is 32.6 Å². The molecule has 1 N–H and O–H groups in total. The average molecular weight is 553 g/mol. The lowest BCUT2D eigenvalue weighted by molar-refractivity contribution is -0.131. The number of hydrogen-bond acceptors (Lipinski definition) is 6. The van der Waals surface area contributed by atoms with E-state index in [1.807, 2.05) is 46.2 Å². The number of anilines is 1. The first kappa shape index (κ1) is 30.8. The van der Waals surface area contributed by atoms with Crippen molar-refractivity contribution in [2.24, 2.45) is 0 Å². The van der Waals surface area contributed by atoms with Gasteiger partial charge in [-0.3, -0.25) is 9.69 Å². The first-order valence-electron chi connectivity index (χ1n) is 14.1. The zero-order valence-electron chi connectivity index (χ0n) is 24.4. The number of urea groups is 1.